The maximum atomic E-state index is 13.6. The summed E-state index contributed by atoms with van der Waals surface area (Å²) in [5.41, 5.74) is 1.78. The molecule has 0 aromatic heterocycles. The van der Waals surface area contributed by atoms with Gasteiger partial charge in [0.05, 0.1) is 10.5 Å². The van der Waals surface area contributed by atoms with E-state index in [1.165, 1.54) is 12.1 Å². The van der Waals surface area contributed by atoms with Crippen LogP contribution in [0.1, 0.15) is 27.0 Å². The van der Waals surface area contributed by atoms with Crippen LogP contribution in [0.15, 0.2) is 109 Å². The molecule has 0 saturated carbocycles. The van der Waals surface area contributed by atoms with Crippen molar-refractivity contribution in [2.45, 2.75) is 5.54 Å². The number of non-ortho nitro benzene ring substituents is 1. The third-order valence-electron chi connectivity index (χ3n) is 5.33. The smallest absolute Gasteiger partial charge is 0.270 e. The molecule has 0 unspecified atom stereocenters. The zero-order valence-electron chi connectivity index (χ0n) is 16.9. The summed E-state index contributed by atoms with van der Waals surface area (Å²) < 4.78 is 0.633. The summed E-state index contributed by atoms with van der Waals surface area (Å²) in [6, 6.07) is 33.5. The van der Waals surface area contributed by atoms with Crippen LogP contribution in [0, 0.1) is 13.7 Å². The molecule has 0 radical (unpaired) electrons. The molecule has 1 N–H and O–H groups in total. The van der Waals surface area contributed by atoms with E-state index in [1.807, 2.05) is 114 Å². The van der Waals surface area contributed by atoms with Gasteiger partial charge >= 0.3 is 0 Å². The van der Waals surface area contributed by atoms with Crippen molar-refractivity contribution in [2.24, 2.45) is 0 Å². The summed E-state index contributed by atoms with van der Waals surface area (Å²) in [6.45, 7) is 0. The minimum atomic E-state index is -0.992. The second kappa shape index (κ2) is 9.32. The number of hydrogen-bond acceptors (Lipinski definition) is 3. The molecule has 0 atom stereocenters. The van der Waals surface area contributed by atoms with Gasteiger partial charge < -0.3 is 5.32 Å². The lowest BCUT2D eigenvalue weighted by molar-refractivity contribution is -0.384. The molecule has 158 valence electrons. The van der Waals surface area contributed by atoms with E-state index in [1.54, 1.807) is 6.07 Å². The zero-order valence-corrected chi connectivity index (χ0v) is 19.1. The topological polar surface area (TPSA) is 72.2 Å². The summed E-state index contributed by atoms with van der Waals surface area (Å²) in [6.07, 6.45) is 0. The summed E-state index contributed by atoms with van der Waals surface area (Å²) >= 11 is 2.03. The van der Waals surface area contributed by atoms with Crippen molar-refractivity contribution in [1.29, 1.82) is 0 Å². The van der Waals surface area contributed by atoms with Crippen LogP contribution in [0.25, 0.3) is 0 Å². The quantitative estimate of drug-likeness (QED) is 0.145. The lowest BCUT2D eigenvalue weighted by Crippen LogP contribution is -2.48. The van der Waals surface area contributed by atoms with E-state index in [0.717, 1.165) is 16.7 Å². The molecule has 0 aliphatic heterocycles. The Morgan fingerprint density at radius 1 is 0.750 bits per heavy atom. The highest BCUT2D eigenvalue weighted by Crippen LogP contribution is 2.37. The van der Waals surface area contributed by atoms with E-state index in [-0.39, 0.29) is 11.3 Å². The maximum Gasteiger partial charge on any atom is 0.270 e. The first kappa shape index (κ1) is 21.7. The zero-order chi connectivity index (χ0) is 22.6. The fraction of sp³-hybridized carbons (Fsp3) is 0.0385. The number of nitro groups is 1. The minimum Gasteiger partial charge on any atom is -0.334 e. The van der Waals surface area contributed by atoms with Gasteiger partial charge in [-0.05, 0) is 45.3 Å². The first-order valence-corrected chi connectivity index (χ1v) is 11.0. The van der Waals surface area contributed by atoms with E-state index in [2.05, 4.69) is 5.32 Å². The molecule has 32 heavy (non-hydrogen) atoms. The van der Waals surface area contributed by atoms with Gasteiger partial charge in [-0.25, -0.2) is 0 Å². The highest BCUT2D eigenvalue weighted by Gasteiger charge is 2.38. The molecule has 0 bridgehead atoms. The molecular weight excluding hydrogens is 515 g/mol. The van der Waals surface area contributed by atoms with Crippen molar-refractivity contribution >= 4 is 34.2 Å². The number of rotatable bonds is 6. The van der Waals surface area contributed by atoms with Gasteiger partial charge in [-0.2, -0.15) is 0 Å². The number of carbonyl (C=O) groups is 1. The van der Waals surface area contributed by atoms with Gasteiger partial charge in [0.2, 0.25) is 0 Å². The highest BCUT2D eigenvalue weighted by atomic mass is 127. The average molecular weight is 534 g/mol. The second-order valence-electron chi connectivity index (χ2n) is 7.22. The molecule has 0 saturated heterocycles. The number of nitrogens with zero attached hydrogens (tertiary/aromatic N) is 1. The lowest BCUT2D eigenvalue weighted by atomic mass is 9.77. The van der Waals surface area contributed by atoms with Crippen molar-refractivity contribution in [3.63, 3.8) is 0 Å². The van der Waals surface area contributed by atoms with Crippen molar-refractivity contribution in [3.05, 3.63) is 145 Å². The molecule has 0 aliphatic carbocycles. The summed E-state index contributed by atoms with van der Waals surface area (Å²) in [4.78, 5) is 24.5. The summed E-state index contributed by atoms with van der Waals surface area (Å²) in [7, 11) is 0. The normalized spacial score (nSPS) is 11.0. The van der Waals surface area contributed by atoms with Crippen LogP contribution < -0.4 is 5.32 Å². The first-order valence-electron chi connectivity index (χ1n) is 9.95. The highest BCUT2D eigenvalue weighted by molar-refractivity contribution is 14.1. The fourth-order valence-corrected chi connectivity index (χ4v) is 4.40. The van der Waals surface area contributed by atoms with Crippen LogP contribution in [-0.4, -0.2) is 10.8 Å². The Balaban J connectivity index is 1.94. The van der Waals surface area contributed by atoms with E-state index >= 15 is 0 Å². The number of halogens is 1. The molecular formula is C26H19IN2O3. The molecule has 4 aromatic rings. The van der Waals surface area contributed by atoms with Crippen LogP contribution >= 0.6 is 22.6 Å². The van der Waals surface area contributed by atoms with Crippen LogP contribution in [0.4, 0.5) is 5.69 Å². The van der Waals surface area contributed by atoms with Gasteiger partial charge in [-0.1, -0.05) is 91.0 Å². The fourth-order valence-electron chi connectivity index (χ4n) is 3.82. The Morgan fingerprint density at radius 3 is 1.59 bits per heavy atom. The van der Waals surface area contributed by atoms with Gasteiger partial charge in [0.15, 0.2) is 0 Å². The molecule has 4 rings (SSSR count). The molecule has 6 heteroatoms. The second-order valence-corrected chi connectivity index (χ2v) is 8.39. The lowest BCUT2D eigenvalue weighted by Gasteiger charge is -2.37. The minimum absolute atomic E-state index is 0.125. The number of amides is 1. The van der Waals surface area contributed by atoms with E-state index in [9.17, 15) is 14.9 Å². The van der Waals surface area contributed by atoms with Crippen LogP contribution in [0.2, 0.25) is 0 Å². The Morgan fingerprint density at radius 2 is 1.19 bits per heavy atom. The summed E-state index contributed by atoms with van der Waals surface area (Å²) in [5, 5.41) is 14.5. The molecule has 0 fully saturated rings. The number of hydrogen-bond donors (Lipinski definition) is 1. The predicted octanol–water partition coefficient (Wildman–Crippen LogP) is 5.92. The van der Waals surface area contributed by atoms with E-state index < -0.39 is 16.4 Å². The van der Waals surface area contributed by atoms with Gasteiger partial charge in [-0.3, -0.25) is 14.9 Å². The van der Waals surface area contributed by atoms with Crippen LogP contribution in [0.3, 0.4) is 0 Å². The molecule has 0 spiro atoms. The first-order chi connectivity index (χ1) is 15.5. The SMILES string of the molecule is O=C(NC(c1ccccc1)(c1ccccc1)c1ccccc1)c1cc([N+](=O)[O-])ccc1I. The average Bonchev–Trinajstić information content (AvgIpc) is 2.84. The molecule has 1 amide bonds. The van der Waals surface area contributed by atoms with Crippen LogP contribution in [-0.2, 0) is 5.54 Å². The monoisotopic (exact) mass is 534 g/mol. The van der Waals surface area contributed by atoms with Crippen molar-refractivity contribution in [1.82, 2.24) is 5.32 Å². The van der Waals surface area contributed by atoms with Gasteiger partial charge in [0.1, 0.15) is 5.54 Å². The molecule has 5 nitrogen and oxygen atoms in total. The number of carbonyl (C=O) groups excluding carboxylic acids is 1. The Hall–Kier alpha value is -3.52. The Bertz CT molecular complexity index is 1150. The van der Waals surface area contributed by atoms with Gasteiger partial charge in [0.25, 0.3) is 11.6 Å². The standard InChI is InChI=1S/C26H19IN2O3/c27-24-17-16-22(29(31)32)18-23(24)25(30)28-26(19-10-4-1-5-11-19,20-12-6-2-7-13-20)21-14-8-3-9-15-21/h1-18H,(H,28,30). The van der Waals surface area contributed by atoms with Crippen LogP contribution in [0.5, 0.6) is 0 Å². The van der Waals surface area contributed by atoms with Crippen molar-refractivity contribution in [2.75, 3.05) is 0 Å². The maximum absolute atomic E-state index is 13.6. The molecule has 0 aliphatic rings. The largest absolute Gasteiger partial charge is 0.334 e. The molecule has 0 heterocycles. The molecule has 4 aromatic carbocycles. The number of benzene rings is 4. The third kappa shape index (κ3) is 4.13. The van der Waals surface area contributed by atoms with E-state index in [4.69, 9.17) is 0 Å². The van der Waals surface area contributed by atoms with Crippen molar-refractivity contribution < 1.29 is 9.72 Å². The Kier molecular flexibility index (Phi) is 6.32. The number of nitrogens with one attached hydrogen (secondary N) is 1. The van der Waals surface area contributed by atoms with E-state index in [0.29, 0.717) is 3.57 Å². The van der Waals surface area contributed by atoms with Gasteiger partial charge in [-0.15, -0.1) is 0 Å². The Labute approximate surface area is 199 Å². The van der Waals surface area contributed by atoms with Gasteiger partial charge in [0, 0.05) is 15.7 Å². The van der Waals surface area contributed by atoms with Crippen molar-refractivity contribution in [3.8, 4) is 0 Å². The third-order valence-corrected chi connectivity index (χ3v) is 6.27. The summed E-state index contributed by atoms with van der Waals surface area (Å²) in [5.74, 6) is -0.394. The predicted molar refractivity (Wildman–Crippen MR) is 132 cm³/mol. The number of nitro benzene ring substituents is 1.